The van der Waals surface area contributed by atoms with E-state index in [1.54, 1.807) is 17.8 Å². The molecule has 29 heavy (non-hydrogen) atoms. The summed E-state index contributed by atoms with van der Waals surface area (Å²) >= 11 is 7.89. The summed E-state index contributed by atoms with van der Waals surface area (Å²) in [5.41, 5.74) is 3.49. The second kappa shape index (κ2) is 10.9. The second-order valence-electron chi connectivity index (χ2n) is 6.91. The fourth-order valence-corrected chi connectivity index (χ4v) is 5.01. The van der Waals surface area contributed by atoms with Crippen LogP contribution in [0.5, 0.6) is 0 Å². The van der Waals surface area contributed by atoms with Crippen LogP contribution in [0.1, 0.15) is 23.1 Å². The number of carbonyl (C=O) groups excluding carboxylic acids is 1. The van der Waals surface area contributed by atoms with E-state index < -0.39 is 10.0 Å². The van der Waals surface area contributed by atoms with Gasteiger partial charge in [-0.05, 0) is 49.3 Å². The third-order valence-electron chi connectivity index (χ3n) is 4.31. The SMILES string of the molecule is Cc1ccc(N(CC(=O)NCCCSCc2ccccc2Cl)S(C)(=O)=O)c(C)c1. The molecule has 8 heteroatoms. The topological polar surface area (TPSA) is 66.5 Å². The predicted octanol–water partition coefficient (Wildman–Crippen LogP) is 4.16. The quantitative estimate of drug-likeness (QED) is 0.547. The first-order valence-corrected chi connectivity index (χ1v) is 12.7. The average molecular weight is 455 g/mol. The number of anilines is 1. The molecule has 2 aromatic carbocycles. The van der Waals surface area contributed by atoms with Gasteiger partial charge in [-0.15, -0.1) is 0 Å². The van der Waals surface area contributed by atoms with Crippen molar-refractivity contribution in [2.75, 3.05) is 29.4 Å². The molecular formula is C21H27ClN2O3S2. The maximum atomic E-state index is 12.3. The van der Waals surface area contributed by atoms with Crippen molar-refractivity contribution in [1.82, 2.24) is 5.32 Å². The minimum atomic E-state index is -3.57. The van der Waals surface area contributed by atoms with E-state index in [9.17, 15) is 13.2 Å². The summed E-state index contributed by atoms with van der Waals surface area (Å²) in [5, 5.41) is 3.58. The molecule has 0 aliphatic carbocycles. The zero-order valence-corrected chi connectivity index (χ0v) is 19.3. The Balaban J connectivity index is 1.81. The normalized spacial score (nSPS) is 11.3. The number of sulfonamides is 1. The predicted molar refractivity (Wildman–Crippen MR) is 123 cm³/mol. The molecule has 2 rings (SSSR count). The summed E-state index contributed by atoms with van der Waals surface area (Å²) in [6, 6.07) is 13.2. The lowest BCUT2D eigenvalue weighted by molar-refractivity contribution is -0.119. The van der Waals surface area contributed by atoms with Gasteiger partial charge in [-0.2, -0.15) is 11.8 Å². The molecule has 0 saturated carbocycles. The van der Waals surface area contributed by atoms with Gasteiger partial charge >= 0.3 is 0 Å². The average Bonchev–Trinajstić information content (AvgIpc) is 2.63. The van der Waals surface area contributed by atoms with Gasteiger partial charge in [-0.25, -0.2) is 8.42 Å². The monoisotopic (exact) mass is 454 g/mol. The van der Waals surface area contributed by atoms with Crippen molar-refractivity contribution in [3.63, 3.8) is 0 Å². The highest BCUT2D eigenvalue weighted by molar-refractivity contribution is 7.98. The number of hydrogen-bond donors (Lipinski definition) is 1. The van der Waals surface area contributed by atoms with Crippen LogP contribution in [-0.4, -0.2) is 39.4 Å². The van der Waals surface area contributed by atoms with Crippen molar-refractivity contribution in [2.45, 2.75) is 26.0 Å². The summed E-state index contributed by atoms with van der Waals surface area (Å²) in [4.78, 5) is 12.3. The van der Waals surface area contributed by atoms with Crippen LogP contribution in [0.15, 0.2) is 42.5 Å². The van der Waals surface area contributed by atoms with E-state index in [-0.39, 0.29) is 12.5 Å². The van der Waals surface area contributed by atoms with Crippen LogP contribution < -0.4 is 9.62 Å². The molecule has 0 aliphatic rings. The molecule has 1 N–H and O–H groups in total. The Morgan fingerprint density at radius 2 is 1.90 bits per heavy atom. The third kappa shape index (κ3) is 7.57. The van der Waals surface area contributed by atoms with Crippen LogP contribution in [0.2, 0.25) is 5.02 Å². The van der Waals surface area contributed by atoms with Crippen molar-refractivity contribution < 1.29 is 13.2 Å². The molecular weight excluding hydrogens is 428 g/mol. The maximum Gasteiger partial charge on any atom is 0.240 e. The molecule has 0 aromatic heterocycles. The van der Waals surface area contributed by atoms with E-state index in [1.807, 2.05) is 50.2 Å². The molecule has 0 heterocycles. The number of hydrogen-bond acceptors (Lipinski definition) is 4. The molecule has 0 fully saturated rings. The van der Waals surface area contributed by atoms with Gasteiger partial charge in [-0.3, -0.25) is 9.10 Å². The fraction of sp³-hybridized carbons (Fsp3) is 0.381. The number of halogens is 1. The molecule has 0 unspecified atom stereocenters. The summed E-state index contributed by atoms with van der Waals surface area (Å²) in [5.74, 6) is 1.38. The molecule has 0 spiro atoms. The van der Waals surface area contributed by atoms with E-state index in [1.165, 1.54) is 0 Å². The summed E-state index contributed by atoms with van der Waals surface area (Å²) in [6.45, 7) is 4.06. The Morgan fingerprint density at radius 1 is 1.17 bits per heavy atom. The van der Waals surface area contributed by atoms with Gasteiger partial charge in [0.25, 0.3) is 0 Å². The highest BCUT2D eigenvalue weighted by Crippen LogP contribution is 2.23. The Morgan fingerprint density at radius 3 is 2.55 bits per heavy atom. The summed E-state index contributed by atoms with van der Waals surface area (Å²) in [7, 11) is -3.57. The summed E-state index contributed by atoms with van der Waals surface area (Å²) in [6.07, 6.45) is 1.91. The van der Waals surface area contributed by atoms with E-state index in [4.69, 9.17) is 11.6 Å². The van der Waals surface area contributed by atoms with Crippen LogP contribution in [0.3, 0.4) is 0 Å². The van der Waals surface area contributed by atoms with Gasteiger partial charge in [-0.1, -0.05) is 47.5 Å². The minimum Gasteiger partial charge on any atom is -0.354 e. The van der Waals surface area contributed by atoms with Crippen molar-refractivity contribution >= 4 is 45.0 Å². The second-order valence-corrected chi connectivity index (χ2v) is 10.3. The number of rotatable bonds is 10. The Hall–Kier alpha value is -1.70. The highest BCUT2D eigenvalue weighted by Gasteiger charge is 2.22. The lowest BCUT2D eigenvalue weighted by atomic mass is 10.1. The molecule has 0 radical (unpaired) electrons. The van der Waals surface area contributed by atoms with Crippen molar-refractivity contribution in [3.05, 3.63) is 64.2 Å². The third-order valence-corrected chi connectivity index (χ3v) is 6.90. The Labute approximate surface area is 182 Å². The highest BCUT2D eigenvalue weighted by atomic mass is 35.5. The number of nitrogens with one attached hydrogen (secondary N) is 1. The van der Waals surface area contributed by atoms with Crippen LogP contribution in [-0.2, 0) is 20.6 Å². The first-order valence-electron chi connectivity index (χ1n) is 9.31. The van der Waals surface area contributed by atoms with E-state index in [0.29, 0.717) is 12.2 Å². The Bertz CT molecular complexity index is 949. The minimum absolute atomic E-state index is 0.227. The van der Waals surface area contributed by atoms with E-state index >= 15 is 0 Å². The van der Waals surface area contributed by atoms with Gasteiger partial charge in [0, 0.05) is 17.3 Å². The van der Waals surface area contributed by atoms with E-state index in [0.717, 1.165) is 50.2 Å². The Kier molecular flexibility index (Phi) is 8.86. The number of benzene rings is 2. The van der Waals surface area contributed by atoms with Crippen LogP contribution >= 0.6 is 23.4 Å². The van der Waals surface area contributed by atoms with Crippen LogP contribution in [0.25, 0.3) is 0 Å². The van der Waals surface area contributed by atoms with Gasteiger partial charge in [0.2, 0.25) is 15.9 Å². The maximum absolute atomic E-state index is 12.3. The van der Waals surface area contributed by atoms with Gasteiger partial charge in [0.15, 0.2) is 0 Å². The summed E-state index contributed by atoms with van der Waals surface area (Å²) < 4.78 is 25.6. The number of aryl methyl sites for hydroxylation is 2. The first kappa shape index (κ1) is 23.6. The number of amides is 1. The van der Waals surface area contributed by atoms with Gasteiger partial charge in [0.1, 0.15) is 6.54 Å². The van der Waals surface area contributed by atoms with Crippen LogP contribution in [0.4, 0.5) is 5.69 Å². The zero-order valence-electron chi connectivity index (χ0n) is 16.9. The molecule has 0 atom stereocenters. The molecule has 1 amide bonds. The molecule has 158 valence electrons. The number of thioether (sulfide) groups is 1. The van der Waals surface area contributed by atoms with Crippen molar-refractivity contribution in [2.24, 2.45) is 0 Å². The lowest BCUT2D eigenvalue weighted by Gasteiger charge is -2.24. The number of nitrogens with zero attached hydrogens (tertiary/aromatic N) is 1. The lowest BCUT2D eigenvalue weighted by Crippen LogP contribution is -2.41. The largest absolute Gasteiger partial charge is 0.354 e. The molecule has 0 aliphatic heterocycles. The van der Waals surface area contributed by atoms with Gasteiger partial charge in [0.05, 0.1) is 11.9 Å². The molecule has 5 nitrogen and oxygen atoms in total. The molecule has 0 saturated heterocycles. The first-order chi connectivity index (χ1) is 13.7. The number of carbonyl (C=O) groups is 1. The zero-order chi connectivity index (χ0) is 21.4. The molecule has 2 aromatic rings. The van der Waals surface area contributed by atoms with E-state index in [2.05, 4.69) is 5.32 Å². The standard InChI is InChI=1S/C21H27ClN2O3S2/c1-16-9-10-20(17(2)13-16)24(29(3,26)27)14-21(25)23-11-6-12-28-15-18-7-4-5-8-19(18)22/h4-5,7-10,13H,6,11-12,14-15H2,1-3H3,(H,23,25). The molecule has 0 bridgehead atoms. The van der Waals surface area contributed by atoms with Crippen LogP contribution in [0, 0.1) is 13.8 Å². The van der Waals surface area contributed by atoms with Crippen molar-refractivity contribution in [3.8, 4) is 0 Å². The van der Waals surface area contributed by atoms with Crippen molar-refractivity contribution in [1.29, 1.82) is 0 Å². The fourth-order valence-electron chi connectivity index (χ4n) is 2.85. The smallest absolute Gasteiger partial charge is 0.240 e. The van der Waals surface area contributed by atoms with Gasteiger partial charge < -0.3 is 5.32 Å².